The zero-order chi connectivity index (χ0) is 17.8. The Morgan fingerprint density at radius 2 is 1.70 bits per heavy atom. The van der Waals surface area contributed by atoms with Gasteiger partial charge < -0.3 is 13.3 Å². The lowest BCUT2D eigenvalue weighted by Crippen LogP contribution is -1.80. The first-order valence-corrected chi connectivity index (χ1v) is 8.42. The van der Waals surface area contributed by atoms with Crippen LogP contribution in [0.15, 0.2) is 80.6 Å². The van der Waals surface area contributed by atoms with Crippen molar-refractivity contribution in [2.24, 2.45) is 0 Å². The number of benzene rings is 1. The van der Waals surface area contributed by atoms with E-state index in [0.717, 1.165) is 44.6 Å². The number of aromatic nitrogens is 3. The van der Waals surface area contributed by atoms with Gasteiger partial charge in [0.2, 0.25) is 0 Å². The van der Waals surface area contributed by atoms with Crippen LogP contribution >= 0.6 is 0 Å². The topological polar surface area (TPSA) is 78.1 Å². The van der Waals surface area contributed by atoms with Crippen LogP contribution < -0.4 is 0 Å². The number of furan rings is 2. The molecule has 0 saturated heterocycles. The van der Waals surface area contributed by atoms with E-state index in [2.05, 4.69) is 9.97 Å². The summed E-state index contributed by atoms with van der Waals surface area (Å²) in [6, 6.07) is 15.3. The third kappa shape index (κ3) is 2.23. The first kappa shape index (κ1) is 14.3. The van der Waals surface area contributed by atoms with E-state index in [-0.39, 0.29) is 0 Å². The van der Waals surface area contributed by atoms with E-state index in [1.54, 1.807) is 12.4 Å². The number of pyridine rings is 2. The molecule has 0 unspecified atom stereocenters. The lowest BCUT2D eigenvalue weighted by molar-refractivity contribution is 0.601. The lowest BCUT2D eigenvalue weighted by Gasteiger charge is -1.95. The summed E-state index contributed by atoms with van der Waals surface area (Å²) in [6.07, 6.45) is 4.92. The van der Waals surface area contributed by atoms with Gasteiger partial charge in [-0.1, -0.05) is 0 Å². The van der Waals surface area contributed by atoms with Crippen LogP contribution in [0.2, 0.25) is 0 Å². The van der Waals surface area contributed by atoms with Gasteiger partial charge in [0.1, 0.15) is 28.1 Å². The predicted octanol–water partition coefficient (Wildman–Crippen LogP) is 5.44. The fourth-order valence-electron chi connectivity index (χ4n) is 3.22. The molecule has 6 nitrogen and oxygen atoms in total. The SMILES string of the molecule is c1cc2oc(-c3ccc4oc(-c5ccc6ncoc6c5)cc4n3)cc2cn1. The van der Waals surface area contributed by atoms with Crippen LogP contribution in [0, 0.1) is 0 Å². The number of oxazole rings is 1. The van der Waals surface area contributed by atoms with Gasteiger partial charge in [-0.2, -0.15) is 0 Å². The molecule has 0 radical (unpaired) electrons. The van der Waals surface area contributed by atoms with Crippen molar-refractivity contribution in [3.05, 3.63) is 67.3 Å². The largest absolute Gasteiger partial charge is 0.454 e. The van der Waals surface area contributed by atoms with Gasteiger partial charge in [0.25, 0.3) is 0 Å². The first-order valence-electron chi connectivity index (χ1n) is 8.42. The summed E-state index contributed by atoms with van der Waals surface area (Å²) in [5.74, 6) is 1.42. The second-order valence-electron chi connectivity index (χ2n) is 6.25. The van der Waals surface area contributed by atoms with Gasteiger partial charge >= 0.3 is 0 Å². The van der Waals surface area contributed by atoms with Gasteiger partial charge in [-0.25, -0.2) is 9.97 Å². The van der Waals surface area contributed by atoms with Crippen LogP contribution in [-0.2, 0) is 0 Å². The molecule has 0 spiro atoms. The smallest absolute Gasteiger partial charge is 0.181 e. The Hall–Kier alpha value is -3.93. The van der Waals surface area contributed by atoms with E-state index in [0.29, 0.717) is 11.3 Å². The zero-order valence-corrected chi connectivity index (χ0v) is 13.9. The molecule has 0 saturated carbocycles. The summed E-state index contributed by atoms with van der Waals surface area (Å²) >= 11 is 0. The van der Waals surface area contributed by atoms with Crippen molar-refractivity contribution in [1.29, 1.82) is 0 Å². The van der Waals surface area contributed by atoms with Crippen molar-refractivity contribution in [3.8, 4) is 22.8 Å². The fourth-order valence-corrected chi connectivity index (χ4v) is 3.22. The molecule has 6 heteroatoms. The summed E-state index contributed by atoms with van der Waals surface area (Å²) in [6.45, 7) is 0. The average molecular weight is 353 g/mol. The Balaban J connectivity index is 1.46. The molecule has 0 aliphatic heterocycles. The highest BCUT2D eigenvalue weighted by Gasteiger charge is 2.13. The maximum Gasteiger partial charge on any atom is 0.181 e. The van der Waals surface area contributed by atoms with E-state index in [9.17, 15) is 0 Å². The van der Waals surface area contributed by atoms with Crippen molar-refractivity contribution in [3.63, 3.8) is 0 Å². The van der Waals surface area contributed by atoms with E-state index >= 15 is 0 Å². The summed E-state index contributed by atoms with van der Waals surface area (Å²) < 4.78 is 17.2. The Morgan fingerprint density at radius 1 is 0.741 bits per heavy atom. The van der Waals surface area contributed by atoms with Gasteiger partial charge in [-0.05, 0) is 42.5 Å². The van der Waals surface area contributed by atoms with Crippen molar-refractivity contribution in [2.75, 3.05) is 0 Å². The number of rotatable bonds is 2. The second kappa shape index (κ2) is 5.28. The standard InChI is InChI=1S/C21H11N3O3/c1-2-14-20(25-11-23-14)7-12(1)19-9-16-18(27-19)4-3-15(24-16)21-8-13-10-22-6-5-17(13)26-21/h1-11H. The summed E-state index contributed by atoms with van der Waals surface area (Å²) in [7, 11) is 0. The molecular weight excluding hydrogens is 342 g/mol. The summed E-state index contributed by atoms with van der Waals surface area (Å²) in [5.41, 5.74) is 5.45. The third-order valence-corrected chi connectivity index (χ3v) is 4.56. The molecule has 0 aliphatic carbocycles. The van der Waals surface area contributed by atoms with Gasteiger partial charge in [0, 0.05) is 29.4 Å². The molecule has 0 fully saturated rings. The fraction of sp³-hybridized carbons (Fsp3) is 0. The molecule has 0 atom stereocenters. The zero-order valence-electron chi connectivity index (χ0n) is 13.9. The monoisotopic (exact) mass is 353 g/mol. The van der Waals surface area contributed by atoms with Gasteiger partial charge in [-0.3, -0.25) is 4.98 Å². The number of fused-ring (bicyclic) bond motifs is 3. The van der Waals surface area contributed by atoms with Crippen molar-refractivity contribution >= 4 is 33.2 Å². The highest BCUT2D eigenvalue weighted by atomic mass is 16.3. The molecule has 6 rings (SSSR count). The molecule has 0 aliphatic rings. The van der Waals surface area contributed by atoms with Crippen LogP contribution in [0.25, 0.3) is 55.9 Å². The lowest BCUT2D eigenvalue weighted by atomic mass is 10.1. The molecule has 5 aromatic heterocycles. The predicted molar refractivity (Wildman–Crippen MR) is 100 cm³/mol. The highest BCUT2D eigenvalue weighted by molar-refractivity contribution is 5.86. The highest BCUT2D eigenvalue weighted by Crippen LogP contribution is 2.32. The van der Waals surface area contributed by atoms with Gasteiger partial charge in [0.05, 0.1) is 0 Å². The number of nitrogens with zero attached hydrogens (tertiary/aromatic N) is 3. The maximum atomic E-state index is 5.96. The van der Waals surface area contributed by atoms with Crippen molar-refractivity contribution < 1.29 is 13.3 Å². The van der Waals surface area contributed by atoms with Crippen LogP contribution in [0.4, 0.5) is 0 Å². The molecule has 1 aromatic carbocycles. The molecule has 5 heterocycles. The minimum atomic E-state index is 0.700. The second-order valence-corrected chi connectivity index (χ2v) is 6.25. The van der Waals surface area contributed by atoms with Crippen molar-refractivity contribution in [1.82, 2.24) is 15.0 Å². The summed E-state index contributed by atoms with van der Waals surface area (Å²) in [4.78, 5) is 12.9. The normalized spacial score (nSPS) is 11.7. The molecule has 0 amide bonds. The van der Waals surface area contributed by atoms with Gasteiger partial charge in [0.15, 0.2) is 23.3 Å². The van der Waals surface area contributed by atoms with Gasteiger partial charge in [-0.15, -0.1) is 0 Å². The summed E-state index contributed by atoms with van der Waals surface area (Å²) in [5, 5.41) is 0.947. The van der Waals surface area contributed by atoms with E-state index in [4.69, 9.17) is 18.2 Å². The van der Waals surface area contributed by atoms with Crippen LogP contribution in [0.3, 0.4) is 0 Å². The molecular formula is C21H11N3O3. The maximum absolute atomic E-state index is 5.96. The molecule has 27 heavy (non-hydrogen) atoms. The molecule has 0 bridgehead atoms. The van der Waals surface area contributed by atoms with E-state index in [1.165, 1.54) is 6.39 Å². The minimum Gasteiger partial charge on any atom is -0.454 e. The van der Waals surface area contributed by atoms with Crippen LogP contribution in [-0.4, -0.2) is 15.0 Å². The van der Waals surface area contributed by atoms with Crippen LogP contribution in [0.1, 0.15) is 0 Å². The van der Waals surface area contributed by atoms with E-state index < -0.39 is 0 Å². The number of hydrogen-bond acceptors (Lipinski definition) is 6. The van der Waals surface area contributed by atoms with Crippen molar-refractivity contribution in [2.45, 2.75) is 0 Å². The molecule has 6 aromatic rings. The Kier molecular flexibility index (Phi) is 2.79. The third-order valence-electron chi connectivity index (χ3n) is 4.56. The number of hydrogen-bond donors (Lipinski definition) is 0. The minimum absolute atomic E-state index is 0.700. The Labute approximate surface area is 152 Å². The first-order chi connectivity index (χ1) is 13.3. The molecule has 0 N–H and O–H groups in total. The Bertz CT molecular complexity index is 1410. The average Bonchev–Trinajstić information content (AvgIpc) is 3.42. The quantitative estimate of drug-likeness (QED) is 0.412. The Morgan fingerprint density at radius 3 is 2.67 bits per heavy atom. The molecule has 128 valence electrons. The van der Waals surface area contributed by atoms with E-state index in [1.807, 2.05) is 48.5 Å². The van der Waals surface area contributed by atoms with Crippen LogP contribution in [0.5, 0.6) is 0 Å².